The molecule has 1 aliphatic carbocycles. The fourth-order valence-electron chi connectivity index (χ4n) is 15.8. The molecular weight excluding hydrogens is 1150 g/mol. The van der Waals surface area contributed by atoms with Crippen molar-refractivity contribution in [3.8, 4) is 0 Å². The smallest absolute Gasteiger partial charge is 0.311 e. The highest BCUT2D eigenvalue weighted by atomic mass is 16.5. The Balaban J connectivity index is 1.86. The first kappa shape index (κ1) is 91.3. The first-order chi connectivity index (χ1) is 46.4. The number of ether oxygens (including phenoxy) is 2. The second-order valence-electron chi connectivity index (χ2n) is 31.9. The minimum Gasteiger partial charge on any atom is -0.463 e. The van der Waals surface area contributed by atoms with Crippen LogP contribution in [0.1, 0.15) is 496 Å². The summed E-state index contributed by atoms with van der Waals surface area (Å²) >= 11 is 0. The molecule has 0 bridgehead atoms. The van der Waals surface area contributed by atoms with Crippen LogP contribution in [0.15, 0.2) is 0 Å². The first-order valence-electron chi connectivity index (χ1n) is 44.0. The molecule has 0 aromatic heterocycles. The van der Waals surface area contributed by atoms with Crippen molar-refractivity contribution < 1.29 is 29.6 Å². The fraction of sp³-hybridized carbons (Fsp3) is 0.989. The average Bonchev–Trinajstić information content (AvgIpc) is 1.74. The molecule has 0 aromatic carbocycles. The third-order valence-electron chi connectivity index (χ3n) is 22.7. The van der Waals surface area contributed by atoms with Crippen molar-refractivity contribution in [1.29, 1.82) is 0 Å². The van der Waals surface area contributed by atoms with E-state index < -0.39 is 30.7 Å². The third-order valence-corrected chi connectivity index (χ3v) is 22.7. The van der Waals surface area contributed by atoms with Crippen LogP contribution < -0.4 is 0 Å². The second-order valence-corrected chi connectivity index (χ2v) is 31.9. The van der Waals surface area contributed by atoms with Gasteiger partial charge in [-0.2, -0.15) is 0 Å². The zero-order valence-corrected chi connectivity index (χ0v) is 64.8. The minimum atomic E-state index is -1.07. The second kappa shape index (κ2) is 75.0. The van der Waals surface area contributed by atoms with E-state index in [-0.39, 0.29) is 6.61 Å². The number of unbranched alkanes of at least 4 members (excludes halogenated alkanes) is 63. The summed E-state index contributed by atoms with van der Waals surface area (Å²) in [6, 6.07) is 0. The molecule has 94 heavy (non-hydrogen) atoms. The molecule has 1 aliphatic rings. The quantitative estimate of drug-likeness (QED) is 0.0415. The normalized spacial score (nSPS) is 15.6. The van der Waals surface area contributed by atoms with Crippen molar-refractivity contribution in [3.63, 3.8) is 0 Å². The summed E-state index contributed by atoms with van der Waals surface area (Å²) in [7, 11) is 1.95. The highest BCUT2D eigenvalue weighted by Crippen LogP contribution is 2.46. The SMILES string of the molecule is CCCCCCCCCCCCCCCCCCCCCCCC[C@@H](C(=O)OCC(O)CO)[C@H](O)CCCCCCCCCCCCCCC1CC1CCCCCCCCCCCCCCCCCCCC(OC)C(C)CCCCCCCCCCCCCCCCCC. The summed E-state index contributed by atoms with van der Waals surface area (Å²) in [5.41, 5.74) is 0. The van der Waals surface area contributed by atoms with E-state index >= 15 is 0 Å². The molecule has 0 spiro atoms. The summed E-state index contributed by atoms with van der Waals surface area (Å²) in [5, 5.41) is 30.1. The Morgan fingerprint density at radius 2 is 0.564 bits per heavy atom. The van der Waals surface area contributed by atoms with E-state index in [0.717, 1.165) is 37.5 Å². The molecular formula is C88H174O6. The predicted molar refractivity (Wildman–Crippen MR) is 413 cm³/mol. The van der Waals surface area contributed by atoms with Crippen molar-refractivity contribution in [2.45, 2.75) is 514 Å². The lowest BCUT2D eigenvalue weighted by molar-refractivity contribution is -0.156. The topological polar surface area (TPSA) is 96.2 Å². The summed E-state index contributed by atoms with van der Waals surface area (Å²) in [4.78, 5) is 13.0. The number of rotatable bonds is 82. The number of aliphatic hydroxyl groups excluding tert-OH is 3. The molecule has 0 heterocycles. The molecule has 0 aromatic rings. The van der Waals surface area contributed by atoms with Crippen molar-refractivity contribution in [3.05, 3.63) is 0 Å². The molecule has 3 N–H and O–H groups in total. The molecule has 0 aliphatic heterocycles. The van der Waals surface area contributed by atoms with Crippen LogP contribution >= 0.6 is 0 Å². The number of carbonyl (C=O) groups is 1. The van der Waals surface area contributed by atoms with E-state index in [1.165, 1.54) is 437 Å². The number of hydrogen-bond donors (Lipinski definition) is 3. The molecule has 562 valence electrons. The molecule has 1 rings (SSSR count). The number of carbonyl (C=O) groups excluding carboxylic acids is 1. The van der Waals surface area contributed by atoms with Crippen molar-refractivity contribution in [2.24, 2.45) is 23.7 Å². The molecule has 5 unspecified atom stereocenters. The van der Waals surface area contributed by atoms with E-state index in [9.17, 15) is 20.1 Å². The molecule has 1 fully saturated rings. The van der Waals surface area contributed by atoms with Gasteiger partial charge in [-0.15, -0.1) is 0 Å². The van der Waals surface area contributed by atoms with E-state index in [1.54, 1.807) is 0 Å². The van der Waals surface area contributed by atoms with Gasteiger partial charge >= 0.3 is 5.97 Å². The molecule has 6 heteroatoms. The molecule has 0 radical (unpaired) electrons. The van der Waals surface area contributed by atoms with Gasteiger partial charge in [-0.3, -0.25) is 4.79 Å². The summed E-state index contributed by atoms with van der Waals surface area (Å²) in [6.07, 6.45) is 100. The standard InChI is InChI=1S/C88H174O6/c1-5-7-9-11-13-15-17-19-21-23-24-25-26-27-30-34-38-45-51-57-63-69-75-85(88(92)94-80-84(90)79-89)86(91)76-70-64-58-52-46-41-40-44-50-56-62-68-74-83-78-82(83)73-67-61-55-49-43-37-33-29-28-31-35-39-47-53-59-65-71-77-87(93-4)81(3)72-66-60-54-48-42-36-32-22-20-18-16-14-12-10-8-6-2/h81-87,89-91H,5-80H2,1-4H3/t81?,82?,83?,84?,85-,86-,87?/m1/s1. The Bertz CT molecular complexity index is 1440. The van der Waals surface area contributed by atoms with Gasteiger partial charge in [0.15, 0.2) is 0 Å². The number of esters is 1. The third kappa shape index (κ3) is 64.7. The van der Waals surface area contributed by atoms with Gasteiger partial charge in [0.25, 0.3) is 0 Å². The number of methoxy groups -OCH3 is 1. The van der Waals surface area contributed by atoms with Gasteiger partial charge in [0.2, 0.25) is 0 Å². The van der Waals surface area contributed by atoms with Gasteiger partial charge < -0.3 is 24.8 Å². The van der Waals surface area contributed by atoms with Crippen LogP contribution in [0.4, 0.5) is 0 Å². The maximum atomic E-state index is 13.0. The first-order valence-corrected chi connectivity index (χ1v) is 44.0. The average molecular weight is 1330 g/mol. The van der Waals surface area contributed by atoms with Gasteiger partial charge in [-0.25, -0.2) is 0 Å². The largest absolute Gasteiger partial charge is 0.463 e. The van der Waals surface area contributed by atoms with Gasteiger partial charge in [0.1, 0.15) is 12.7 Å². The van der Waals surface area contributed by atoms with Gasteiger partial charge in [-0.1, -0.05) is 464 Å². The Morgan fingerprint density at radius 1 is 0.330 bits per heavy atom. The van der Waals surface area contributed by atoms with E-state index in [4.69, 9.17) is 9.47 Å². The minimum absolute atomic E-state index is 0.211. The lowest BCUT2D eigenvalue weighted by Crippen LogP contribution is -2.32. The van der Waals surface area contributed by atoms with Crippen LogP contribution in [-0.4, -0.2) is 59.9 Å². The molecule has 6 nitrogen and oxygen atoms in total. The van der Waals surface area contributed by atoms with Crippen molar-refractivity contribution in [1.82, 2.24) is 0 Å². The number of aliphatic hydroxyl groups is 3. The van der Waals surface area contributed by atoms with Gasteiger partial charge in [-0.05, 0) is 49.9 Å². The lowest BCUT2D eigenvalue weighted by atomic mass is 9.91. The monoisotopic (exact) mass is 1330 g/mol. The maximum Gasteiger partial charge on any atom is 0.311 e. The van der Waals surface area contributed by atoms with E-state index in [1.807, 2.05) is 7.11 Å². The summed E-state index contributed by atoms with van der Waals surface area (Å²) < 4.78 is 11.4. The van der Waals surface area contributed by atoms with Crippen LogP contribution in [0.25, 0.3) is 0 Å². The molecule has 0 saturated heterocycles. The zero-order valence-electron chi connectivity index (χ0n) is 64.8. The molecule has 0 amide bonds. The fourth-order valence-corrected chi connectivity index (χ4v) is 15.8. The Hall–Kier alpha value is -0.690. The van der Waals surface area contributed by atoms with Crippen LogP contribution in [0.5, 0.6) is 0 Å². The van der Waals surface area contributed by atoms with Gasteiger partial charge in [0, 0.05) is 7.11 Å². The van der Waals surface area contributed by atoms with E-state index in [2.05, 4.69) is 20.8 Å². The Morgan fingerprint density at radius 3 is 0.830 bits per heavy atom. The van der Waals surface area contributed by atoms with Crippen LogP contribution in [0.3, 0.4) is 0 Å². The summed E-state index contributed by atoms with van der Waals surface area (Å²) in [6.45, 7) is 6.41. The van der Waals surface area contributed by atoms with Gasteiger partial charge in [0.05, 0.1) is 24.7 Å². The Kier molecular flexibility index (Phi) is 72.8. The lowest BCUT2D eigenvalue weighted by Gasteiger charge is -2.22. The highest BCUT2D eigenvalue weighted by molar-refractivity contribution is 5.73. The Labute approximate surface area is 590 Å². The van der Waals surface area contributed by atoms with E-state index in [0.29, 0.717) is 24.9 Å². The van der Waals surface area contributed by atoms with Crippen molar-refractivity contribution in [2.75, 3.05) is 20.3 Å². The number of hydrogen-bond acceptors (Lipinski definition) is 6. The van der Waals surface area contributed by atoms with Crippen molar-refractivity contribution >= 4 is 5.97 Å². The van der Waals surface area contributed by atoms with Crippen LogP contribution in [-0.2, 0) is 14.3 Å². The van der Waals surface area contributed by atoms with Crippen LogP contribution in [0, 0.1) is 23.7 Å². The molecule has 7 atom stereocenters. The maximum absolute atomic E-state index is 13.0. The predicted octanol–water partition coefficient (Wildman–Crippen LogP) is 28.7. The summed E-state index contributed by atoms with van der Waals surface area (Å²) in [5.74, 6) is 1.87. The zero-order chi connectivity index (χ0) is 67.8. The molecule has 1 saturated carbocycles. The van der Waals surface area contributed by atoms with Crippen LogP contribution in [0.2, 0.25) is 0 Å². The highest BCUT2D eigenvalue weighted by Gasteiger charge is 2.35.